The topological polar surface area (TPSA) is 34.1 Å². The summed E-state index contributed by atoms with van der Waals surface area (Å²) in [4.78, 5) is 4.50. The SMILES string of the molecule is CCCC(C)COc1ccc(C(CC)NCC)nc1. The maximum absolute atomic E-state index is 5.77. The number of rotatable bonds is 9. The van der Waals surface area contributed by atoms with Crippen LogP contribution in [0.4, 0.5) is 0 Å². The fourth-order valence-electron chi connectivity index (χ4n) is 2.20. The van der Waals surface area contributed by atoms with E-state index in [9.17, 15) is 0 Å². The van der Waals surface area contributed by atoms with Gasteiger partial charge in [0.1, 0.15) is 5.75 Å². The van der Waals surface area contributed by atoms with Crippen molar-refractivity contribution in [3.8, 4) is 5.75 Å². The third-order valence-corrected chi connectivity index (χ3v) is 3.29. The smallest absolute Gasteiger partial charge is 0.137 e. The molecule has 0 amide bonds. The molecule has 0 aliphatic heterocycles. The van der Waals surface area contributed by atoms with Crippen molar-refractivity contribution >= 4 is 0 Å². The summed E-state index contributed by atoms with van der Waals surface area (Å²) < 4.78 is 5.77. The van der Waals surface area contributed by atoms with Crippen molar-refractivity contribution in [1.29, 1.82) is 0 Å². The molecule has 1 aromatic rings. The zero-order valence-electron chi connectivity index (χ0n) is 12.8. The fraction of sp³-hybridized carbons (Fsp3) is 0.688. The maximum atomic E-state index is 5.77. The number of ether oxygens (including phenoxy) is 1. The number of aromatic nitrogens is 1. The highest BCUT2D eigenvalue weighted by Gasteiger charge is 2.09. The molecule has 0 aliphatic carbocycles. The minimum absolute atomic E-state index is 0.345. The molecule has 108 valence electrons. The maximum Gasteiger partial charge on any atom is 0.137 e. The summed E-state index contributed by atoms with van der Waals surface area (Å²) in [5, 5.41) is 3.43. The Morgan fingerprint density at radius 2 is 2.05 bits per heavy atom. The molecule has 0 saturated carbocycles. The first-order chi connectivity index (χ1) is 9.21. The molecule has 2 unspecified atom stereocenters. The van der Waals surface area contributed by atoms with E-state index in [1.807, 2.05) is 12.3 Å². The molecule has 1 aromatic heterocycles. The highest BCUT2D eigenvalue weighted by atomic mass is 16.5. The van der Waals surface area contributed by atoms with Crippen molar-refractivity contribution in [3.63, 3.8) is 0 Å². The summed E-state index contributed by atoms with van der Waals surface area (Å²) in [6.07, 6.45) is 5.31. The van der Waals surface area contributed by atoms with E-state index in [1.165, 1.54) is 12.8 Å². The molecule has 3 heteroatoms. The van der Waals surface area contributed by atoms with Crippen LogP contribution >= 0.6 is 0 Å². The number of pyridine rings is 1. The highest BCUT2D eigenvalue weighted by Crippen LogP contribution is 2.18. The third kappa shape index (κ3) is 5.60. The zero-order chi connectivity index (χ0) is 14.1. The van der Waals surface area contributed by atoms with Crippen molar-refractivity contribution in [2.24, 2.45) is 5.92 Å². The Bertz CT molecular complexity index is 337. The third-order valence-electron chi connectivity index (χ3n) is 3.29. The lowest BCUT2D eigenvalue weighted by Crippen LogP contribution is -2.21. The van der Waals surface area contributed by atoms with Gasteiger partial charge in [0.05, 0.1) is 18.5 Å². The van der Waals surface area contributed by atoms with E-state index in [1.54, 1.807) is 0 Å². The summed E-state index contributed by atoms with van der Waals surface area (Å²) >= 11 is 0. The molecular formula is C16H28N2O. The second-order valence-corrected chi connectivity index (χ2v) is 5.14. The Morgan fingerprint density at radius 1 is 1.26 bits per heavy atom. The minimum Gasteiger partial charge on any atom is -0.492 e. The normalized spacial score (nSPS) is 14.1. The van der Waals surface area contributed by atoms with Crippen LogP contribution in [0, 0.1) is 5.92 Å². The predicted octanol–water partition coefficient (Wildman–Crippen LogP) is 3.96. The second-order valence-electron chi connectivity index (χ2n) is 5.14. The van der Waals surface area contributed by atoms with Gasteiger partial charge < -0.3 is 10.1 Å². The number of nitrogens with zero attached hydrogens (tertiary/aromatic N) is 1. The molecule has 0 aromatic carbocycles. The van der Waals surface area contributed by atoms with Crippen LogP contribution in [0.3, 0.4) is 0 Å². The molecule has 1 N–H and O–H groups in total. The van der Waals surface area contributed by atoms with E-state index in [4.69, 9.17) is 4.74 Å². The van der Waals surface area contributed by atoms with Crippen molar-refractivity contribution < 1.29 is 4.74 Å². The van der Waals surface area contributed by atoms with Gasteiger partial charge in [-0.05, 0) is 37.4 Å². The van der Waals surface area contributed by atoms with E-state index in [-0.39, 0.29) is 0 Å². The molecule has 0 aliphatic rings. The Hall–Kier alpha value is -1.09. The molecule has 0 spiro atoms. The molecule has 0 bridgehead atoms. The lowest BCUT2D eigenvalue weighted by Gasteiger charge is -2.16. The number of hydrogen-bond donors (Lipinski definition) is 1. The molecular weight excluding hydrogens is 236 g/mol. The Kier molecular flexibility index (Phi) is 7.49. The van der Waals surface area contributed by atoms with Crippen molar-refractivity contribution in [3.05, 3.63) is 24.0 Å². The van der Waals surface area contributed by atoms with Gasteiger partial charge in [0.15, 0.2) is 0 Å². The first-order valence-electron chi connectivity index (χ1n) is 7.53. The van der Waals surface area contributed by atoms with Gasteiger partial charge in [-0.15, -0.1) is 0 Å². The van der Waals surface area contributed by atoms with Crippen LogP contribution in [-0.2, 0) is 0 Å². The van der Waals surface area contributed by atoms with Crippen molar-refractivity contribution in [2.45, 2.75) is 53.0 Å². The van der Waals surface area contributed by atoms with Gasteiger partial charge in [0.2, 0.25) is 0 Å². The first-order valence-corrected chi connectivity index (χ1v) is 7.53. The highest BCUT2D eigenvalue weighted by molar-refractivity contribution is 5.21. The quantitative estimate of drug-likeness (QED) is 0.733. The van der Waals surface area contributed by atoms with Crippen LogP contribution in [-0.4, -0.2) is 18.1 Å². The van der Waals surface area contributed by atoms with Crippen molar-refractivity contribution in [2.75, 3.05) is 13.2 Å². The van der Waals surface area contributed by atoms with Gasteiger partial charge in [0, 0.05) is 6.04 Å². The summed E-state index contributed by atoms with van der Waals surface area (Å²) in [6.45, 7) is 10.5. The zero-order valence-corrected chi connectivity index (χ0v) is 12.8. The van der Waals surface area contributed by atoms with Crippen LogP contribution in [0.2, 0.25) is 0 Å². The lowest BCUT2D eigenvalue weighted by molar-refractivity contribution is 0.250. The molecule has 0 saturated heterocycles. The van der Waals surface area contributed by atoms with E-state index >= 15 is 0 Å². The summed E-state index contributed by atoms with van der Waals surface area (Å²) in [6, 6.07) is 4.44. The first kappa shape index (κ1) is 16.0. The lowest BCUT2D eigenvalue weighted by atomic mass is 10.1. The largest absolute Gasteiger partial charge is 0.492 e. The Morgan fingerprint density at radius 3 is 2.58 bits per heavy atom. The summed E-state index contributed by atoms with van der Waals surface area (Å²) in [7, 11) is 0. The van der Waals surface area contributed by atoms with Gasteiger partial charge in [-0.25, -0.2) is 0 Å². The monoisotopic (exact) mass is 264 g/mol. The van der Waals surface area contributed by atoms with Crippen LogP contribution in [0.25, 0.3) is 0 Å². The number of hydrogen-bond acceptors (Lipinski definition) is 3. The molecule has 0 fully saturated rings. The minimum atomic E-state index is 0.345. The van der Waals surface area contributed by atoms with Crippen molar-refractivity contribution in [1.82, 2.24) is 10.3 Å². The predicted molar refractivity (Wildman–Crippen MR) is 80.5 cm³/mol. The van der Waals surface area contributed by atoms with Gasteiger partial charge in [-0.3, -0.25) is 4.98 Å². The van der Waals surface area contributed by atoms with Gasteiger partial charge in [0.25, 0.3) is 0 Å². The van der Waals surface area contributed by atoms with E-state index in [2.05, 4.69) is 44.1 Å². The van der Waals surface area contributed by atoms with Crippen LogP contribution in [0.5, 0.6) is 5.75 Å². The van der Waals surface area contributed by atoms with E-state index in [0.717, 1.165) is 31.0 Å². The van der Waals surface area contributed by atoms with Crippen LogP contribution in [0.15, 0.2) is 18.3 Å². The van der Waals surface area contributed by atoms with E-state index in [0.29, 0.717) is 12.0 Å². The molecule has 19 heavy (non-hydrogen) atoms. The molecule has 1 rings (SSSR count). The molecule has 1 heterocycles. The average Bonchev–Trinajstić information content (AvgIpc) is 2.43. The van der Waals surface area contributed by atoms with Crippen LogP contribution in [0.1, 0.15) is 58.7 Å². The van der Waals surface area contributed by atoms with Crippen LogP contribution < -0.4 is 10.1 Å². The Labute approximate surface area is 117 Å². The van der Waals surface area contributed by atoms with Gasteiger partial charge in [-0.1, -0.05) is 34.1 Å². The molecule has 3 nitrogen and oxygen atoms in total. The molecule has 2 atom stereocenters. The Balaban J connectivity index is 2.51. The average molecular weight is 264 g/mol. The summed E-state index contributed by atoms with van der Waals surface area (Å²) in [5.74, 6) is 1.48. The standard InChI is InChI=1S/C16H28N2O/c1-5-8-13(4)12-19-14-9-10-16(18-11-14)15(6-2)17-7-3/h9-11,13,15,17H,5-8,12H2,1-4H3. The van der Waals surface area contributed by atoms with Gasteiger partial charge >= 0.3 is 0 Å². The fourth-order valence-corrected chi connectivity index (χ4v) is 2.20. The molecule has 0 radical (unpaired) electrons. The second kappa shape index (κ2) is 8.92. The van der Waals surface area contributed by atoms with E-state index < -0.39 is 0 Å². The summed E-state index contributed by atoms with van der Waals surface area (Å²) in [5.41, 5.74) is 1.10. The number of nitrogens with one attached hydrogen (secondary N) is 1. The van der Waals surface area contributed by atoms with Gasteiger partial charge in [-0.2, -0.15) is 0 Å².